The van der Waals surface area contributed by atoms with Crippen LogP contribution in [0.15, 0.2) is 23.7 Å². The second-order valence-corrected chi connectivity index (χ2v) is 4.65. The maximum Gasteiger partial charge on any atom is 0.170 e. The summed E-state index contributed by atoms with van der Waals surface area (Å²) >= 11 is 1.69. The lowest BCUT2D eigenvalue weighted by atomic mass is 10.2. The predicted molar refractivity (Wildman–Crippen MR) is 59.5 cm³/mol. The van der Waals surface area contributed by atoms with Crippen LogP contribution in [0.4, 0.5) is 0 Å². The van der Waals surface area contributed by atoms with Gasteiger partial charge in [-0.05, 0) is 11.4 Å². The maximum atomic E-state index is 10.6. The van der Waals surface area contributed by atoms with Crippen LogP contribution in [0.1, 0.15) is 27.3 Å². The van der Waals surface area contributed by atoms with Crippen LogP contribution in [0.25, 0.3) is 0 Å². The van der Waals surface area contributed by atoms with Crippen molar-refractivity contribution in [3.8, 4) is 0 Å². The van der Waals surface area contributed by atoms with E-state index in [0.29, 0.717) is 12.3 Å². The van der Waals surface area contributed by atoms with Gasteiger partial charge in [-0.1, -0.05) is 6.07 Å². The van der Waals surface area contributed by atoms with Gasteiger partial charge in [0.1, 0.15) is 24.2 Å². The molecular formula is C11H10N2O2S. The number of hydrogen-bond acceptors (Lipinski definition) is 4. The molecule has 1 atom stereocenters. The Hall–Kier alpha value is -1.46. The summed E-state index contributed by atoms with van der Waals surface area (Å²) in [6.45, 7) is 1.20. The molecule has 1 aliphatic heterocycles. The Morgan fingerprint density at radius 3 is 3.31 bits per heavy atom. The van der Waals surface area contributed by atoms with E-state index in [4.69, 9.17) is 4.74 Å². The molecule has 0 aromatic carbocycles. The molecule has 4 nitrogen and oxygen atoms in total. The van der Waals surface area contributed by atoms with E-state index in [1.165, 1.54) is 4.88 Å². The Bertz CT molecular complexity index is 504. The van der Waals surface area contributed by atoms with E-state index in [1.54, 1.807) is 17.5 Å². The standard InChI is InChI=1S/C11H10N2O2S/c14-6-8-4-13-5-9(10-2-1-3-16-10)15-7-11(13)12-8/h1-4,6,9H,5,7H2. The molecule has 0 radical (unpaired) electrons. The molecule has 2 aromatic rings. The summed E-state index contributed by atoms with van der Waals surface area (Å²) in [5, 5.41) is 2.04. The van der Waals surface area contributed by atoms with E-state index >= 15 is 0 Å². The molecule has 0 saturated carbocycles. The van der Waals surface area contributed by atoms with Gasteiger partial charge in [-0.25, -0.2) is 4.98 Å². The number of hydrogen-bond donors (Lipinski definition) is 0. The SMILES string of the molecule is O=Cc1cn2c(n1)COC(c1cccs1)C2. The highest BCUT2D eigenvalue weighted by Crippen LogP contribution is 2.28. The van der Waals surface area contributed by atoms with Crippen LogP contribution in [0.3, 0.4) is 0 Å². The zero-order valence-electron chi connectivity index (χ0n) is 8.50. The summed E-state index contributed by atoms with van der Waals surface area (Å²) in [6, 6.07) is 4.08. The number of aromatic nitrogens is 2. The summed E-state index contributed by atoms with van der Waals surface area (Å²) < 4.78 is 7.72. The lowest BCUT2D eigenvalue weighted by molar-refractivity contribution is 0.00268. The minimum Gasteiger partial charge on any atom is -0.363 e. The van der Waals surface area contributed by atoms with Crippen molar-refractivity contribution in [1.82, 2.24) is 9.55 Å². The van der Waals surface area contributed by atoms with E-state index in [1.807, 2.05) is 16.0 Å². The third-order valence-corrected chi connectivity index (χ3v) is 3.60. The smallest absolute Gasteiger partial charge is 0.170 e. The van der Waals surface area contributed by atoms with Gasteiger partial charge in [0.2, 0.25) is 0 Å². The van der Waals surface area contributed by atoms with Gasteiger partial charge in [-0.3, -0.25) is 4.79 Å². The van der Waals surface area contributed by atoms with Crippen molar-refractivity contribution in [3.63, 3.8) is 0 Å². The van der Waals surface area contributed by atoms with Gasteiger partial charge in [0, 0.05) is 11.1 Å². The Morgan fingerprint density at radius 2 is 2.56 bits per heavy atom. The van der Waals surface area contributed by atoms with E-state index < -0.39 is 0 Å². The predicted octanol–water partition coefficient (Wildman–Crippen LogP) is 2.03. The van der Waals surface area contributed by atoms with Crippen LogP contribution in [0.2, 0.25) is 0 Å². The highest BCUT2D eigenvalue weighted by atomic mass is 32.1. The number of carbonyl (C=O) groups is 1. The molecule has 5 heteroatoms. The van der Waals surface area contributed by atoms with Crippen molar-refractivity contribution in [3.05, 3.63) is 40.1 Å². The molecule has 0 N–H and O–H groups in total. The quantitative estimate of drug-likeness (QED) is 0.747. The van der Waals surface area contributed by atoms with Crippen LogP contribution in [-0.4, -0.2) is 15.8 Å². The summed E-state index contributed by atoms with van der Waals surface area (Å²) in [5.74, 6) is 0.829. The molecule has 82 valence electrons. The Morgan fingerprint density at radius 1 is 1.62 bits per heavy atom. The first-order valence-electron chi connectivity index (χ1n) is 5.03. The Kier molecular flexibility index (Phi) is 2.34. The summed E-state index contributed by atoms with van der Waals surface area (Å²) in [6.07, 6.45) is 2.64. The fourth-order valence-corrected chi connectivity index (χ4v) is 2.63. The number of fused-ring (bicyclic) bond motifs is 1. The maximum absolute atomic E-state index is 10.6. The van der Waals surface area contributed by atoms with Gasteiger partial charge in [-0.15, -0.1) is 11.3 Å². The normalized spacial score (nSPS) is 19.4. The summed E-state index contributed by atoms with van der Waals surface area (Å²) in [7, 11) is 0. The first-order valence-corrected chi connectivity index (χ1v) is 5.91. The van der Waals surface area contributed by atoms with Crippen LogP contribution >= 0.6 is 11.3 Å². The number of imidazole rings is 1. The van der Waals surface area contributed by atoms with Gasteiger partial charge in [0.25, 0.3) is 0 Å². The third kappa shape index (κ3) is 1.58. The topological polar surface area (TPSA) is 44.1 Å². The number of thiophene rings is 1. The van der Waals surface area contributed by atoms with E-state index in [-0.39, 0.29) is 6.10 Å². The van der Waals surface area contributed by atoms with E-state index in [0.717, 1.165) is 18.7 Å². The zero-order valence-corrected chi connectivity index (χ0v) is 9.31. The Balaban J connectivity index is 1.88. The van der Waals surface area contributed by atoms with E-state index in [9.17, 15) is 4.79 Å². The van der Waals surface area contributed by atoms with Crippen molar-refractivity contribution in [2.45, 2.75) is 19.3 Å². The van der Waals surface area contributed by atoms with Gasteiger partial charge >= 0.3 is 0 Å². The molecule has 0 amide bonds. The lowest BCUT2D eigenvalue weighted by Gasteiger charge is -2.23. The van der Waals surface area contributed by atoms with Gasteiger partial charge in [0.05, 0.1) is 6.54 Å². The molecule has 2 aromatic heterocycles. The molecule has 3 rings (SSSR count). The van der Waals surface area contributed by atoms with Crippen molar-refractivity contribution < 1.29 is 9.53 Å². The van der Waals surface area contributed by atoms with Crippen molar-refractivity contribution >= 4 is 17.6 Å². The monoisotopic (exact) mass is 234 g/mol. The highest BCUT2D eigenvalue weighted by molar-refractivity contribution is 7.10. The first kappa shape index (κ1) is 9.74. The van der Waals surface area contributed by atoms with Crippen molar-refractivity contribution in [1.29, 1.82) is 0 Å². The minimum atomic E-state index is 0.0844. The molecule has 0 fully saturated rings. The zero-order chi connectivity index (χ0) is 11.0. The number of rotatable bonds is 2. The van der Waals surface area contributed by atoms with Gasteiger partial charge < -0.3 is 9.30 Å². The van der Waals surface area contributed by atoms with Crippen LogP contribution in [-0.2, 0) is 17.9 Å². The second kappa shape index (κ2) is 3.84. The number of aldehydes is 1. The van der Waals surface area contributed by atoms with E-state index in [2.05, 4.69) is 11.1 Å². The Labute approximate surface area is 96.5 Å². The van der Waals surface area contributed by atoms with Crippen LogP contribution in [0.5, 0.6) is 0 Å². The minimum absolute atomic E-state index is 0.0844. The molecule has 0 aliphatic carbocycles. The molecule has 1 unspecified atom stereocenters. The summed E-state index contributed by atoms with van der Waals surface area (Å²) in [5.41, 5.74) is 0.477. The average Bonchev–Trinajstić information content (AvgIpc) is 2.96. The highest BCUT2D eigenvalue weighted by Gasteiger charge is 2.22. The molecular weight excluding hydrogens is 224 g/mol. The van der Waals surface area contributed by atoms with Gasteiger partial charge in [0.15, 0.2) is 6.29 Å². The molecule has 0 spiro atoms. The van der Waals surface area contributed by atoms with Crippen molar-refractivity contribution in [2.75, 3.05) is 0 Å². The summed E-state index contributed by atoms with van der Waals surface area (Å²) in [4.78, 5) is 16.0. The molecule has 1 aliphatic rings. The fourth-order valence-electron chi connectivity index (χ4n) is 1.86. The molecule has 3 heterocycles. The second-order valence-electron chi connectivity index (χ2n) is 3.67. The van der Waals surface area contributed by atoms with Crippen molar-refractivity contribution in [2.24, 2.45) is 0 Å². The molecule has 0 bridgehead atoms. The lowest BCUT2D eigenvalue weighted by Crippen LogP contribution is -2.20. The van der Waals surface area contributed by atoms with Crippen LogP contribution in [0, 0.1) is 0 Å². The number of nitrogens with zero attached hydrogens (tertiary/aromatic N) is 2. The molecule has 0 saturated heterocycles. The largest absolute Gasteiger partial charge is 0.363 e. The molecule has 16 heavy (non-hydrogen) atoms. The third-order valence-electron chi connectivity index (χ3n) is 2.64. The first-order chi connectivity index (χ1) is 7.86. The fraction of sp³-hybridized carbons (Fsp3) is 0.273. The van der Waals surface area contributed by atoms with Gasteiger partial charge in [-0.2, -0.15) is 0 Å². The number of ether oxygens (including phenoxy) is 1. The van der Waals surface area contributed by atoms with Crippen LogP contribution < -0.4 is 0 Å². The number of carbonyl (C=O) groups excluding carboxylic acids is 1. The average molecular weight is 234 g/mol.